The van der Waals surface area contributed by atoms with Crippen LogP contribution in [0.4, 0.5) is 5.82 Å². The maximum Gasteiger partial charge on any atom is 0.304 e. The van der Waals surface area contributed by atoms with Gasteiger partial charge in [-0.3, -0.25) is 0 Å². The number of nitrogens with zero attached hydrogens (tertiary/aromatic N) is 7. The largest absolute Gasteiger partial charge is 0.459 e. The lowest BCUT2D eigenvalue weighted by Crippen LogP contribution is -2.09. The highest BCUT2D eigenvalue weighted by atomic mass is 16.5. The van der Waals surface area contributed by atoms with Gasteiger partial charge in [-0.05, 0) is 28.6 Å². The van der Waals surface area contributed by atoms with Crippen LogP contribution < -0.4 is 10.5 Å². The van der Waals surface area contributed by atoms with E-state index in [2.05, 4.69) is 25.5 Å². The molecule has 0 aliphatic rings. The highest BCUT2D eigenvalue weighted by molar-refractivity contribution is 5.78. The Kier molecular flexibility index (Phi) is 3.30. The van der Waals surface area contributed by atoms with Gasteiger partial charge in [0.2, 0.25) is 0 Å². The van der Waals surface area contributed by atoms with E-state index in [4.69, 9.17) is 10.5 Å². The minimum Gasteiger partial charge on any atom is -0.459 e. The van der Waals surface area contributed by atoms with Crippen LogP contribution >= 0.6 is 0 Å². The molecule has 1 aromatic carbocycles. The molecular formula is C15H14N8O. The number of anilines is 1. The molecule has 9 nitrogen and oxygen atoms in total. The number of nitrogens with two attached hydrogens (primary N) is 1. The SMILES string of the molecule is Cn1nnnc1-n1c(OCc2cccnc2N)nc2ccccc21. The molecule has 0 radical (unpaired) electrons. The van der Waals surface area contributed by atoms with Gasteiger partial charge in [-0.1, -0.05) is 23.3 Å². The third kappa shape index (κ3) is 2.32. The highest BCUT2D eigenvalue weighted by Crippen LogP contribution is 2.25. The molecule has 3 heterocycles. The topological polar surface area (TPSA) is 110 Å². The molecule has 9 heteroatoms. The number of para-hydroxylation sites is 2. The Morgan fingerprint density at radius 3 is 2.83 bits per heavy atom. The van der Waals surface area contributed by atoms with Crippen molar-refractivity contribution in [3.8, 4) is 12.0 Å². The maximum absolute atomic E-state index is 5.89. The smallest absolute Gasteiger partial charge is 0.304 e. The number of hydrogen-bond acceptors (Lipinski definition) is 7. The minimum atomic E-state index is 0.244. The van der Waals surface area contributed by atoms with Gasteiger partial charge in [-0.25, -0.2) is 14.2 Å². The summed E-state index contributed by atoms with van der Waals surface area (Å²) in [5.41, 5.74) is 8.28. The van der Waals surface area contributed by atoms with Crippen molar-refractivity contribution in [1.29, 1.82) is 0 Å². The summed E-state index contributed by atoms with van der Waals surface area (Å²) in [5, 5.41) is 11.6. The van der Waals surface area contributed by atoms with Gasteiger partial charge in [0.05, 0.1) is 11.0 Å². The molecule has 0 atom stereocenters. The zero-order valence-corrected chi connectivity index (χ0v) is 12.9. The second-order valence-electron chi connectivity index (χ2n) is 5.16. The maximum atomic E-state index is 5.89. The van der Waals surface area contributed by atoms with Crippen molar-refractivity contribution in [3.05, 3.63) is 48.2 Å². The molecule has 0 bridgehead atoms. The Hall–Kier alpha value is -3.49. The normalized spacial score (nSPS) is 11.0. The Labute approximate surface area is 136 Å². The van der Waals surface area contributed by atoms with Crippen LogP contribution in [0.3, 0.4) is 0 Å². The number of ether oxygens (including phenoxy) is 1. The average Bonchev–Trinajstić information content (AvgIpc) is 3.16. The van der Waals surface area contributed by atoms with Crippen LogP contribution in [0, 0.1) is 0 Å². The summed E-state index contributed by atoms with van der Waals surface area (Å²) in [6.07, 6.45) is 1.64. The molecule has 0 amide bonds. The Morgan fingerprint density at radius 1 is 1.17 bits per heavy atom. The summed E-state index contributed by atoms with van der Waals surface area (Å²) in [7, 11) is 1.76. The van der Waals surface area contributed by atoms with Crippen LogP contribution in [-0.2, 0) is 13.7 Å². The van der Waals surface area contributed by atoms with Crippen molar-refractivity contribution in [1.82, 2.24) is 34.7 Å². The molecule has 0 unspecified atom stereocenters. The van der Waals surface area contributed by atoms with E-state index in [0.717, 1.165) is 16.6 Å². The lowest BCUT2D eigenvalue weighted by Gasteiger charge is -2.09. The number of pyridine rings is 1. The molecule has 4 aromatic rings. The number of aromatic nitrogens is 7. The van der Waals surface area contributed by atoms with Crippen molar-refractivity contribution in [2.45, 2.75) is 6.61 Å². The lowest BCUT2D eigenvalue weighted by molar-refractivity contribution is 0.276. The number of rotatable bonds is 4. The third-order valence-corrected chi connectivity index (χ3v) is 3.61. The molecule has 0 fully saturated rings. The summed E-state index contributed by atoms with van der Waals surface area (Å²) < 4.78 is 9.21. The predicted octanol–water partition coefficient (Wildman–Crippen LogP) is 1.11. The van der Waals surface area contributed by atoms with Crippen LogP contribution in [0.1, 0.15) is 5.56 Å². The van der Waals surface area contributed by atoms with Crippen LogP contribution in [0.2, 0.25) is 0 Å². The number of fused-ring (bicyclic) bond motifs is 1. The monoisotopic (exact) mass is 322 g/mol. The van der Waals surface area contributed by atoms with E-state index in [0.29, 0.717) is 17.8 Å². The van der Waals surface area contributed by atoms with Crippen LogP contribution in [0.25, 0.3) is 17.0 Å². The zero-order valence-electron chi connectivity index (χ0n) is 12.9. The minimum absolute atomic E-state index is 0.244. The third-order valence-electron chi connectivity index (χ3n) is 3.61. The first-order valence-corrected chi connectivity index (χ1v) is 7.26. The fourth-order valence-electron chi connectivity index (χ4n) is 2.42. The number of nitrogen functional groups attached to an aromatic ring is 1. The van der Waals surface area contributed by atoms with Gasteiger partial charge in [-0.15, -0.1) is 0 Å². The molecule has 0 saturated heterocycles. The van der Waals surface area contributed by atoms with Gasteiger partial charge in [0.25, 0.3) is 5.95 Å². The van der Waals surface area contributed by atoms with Gasteiger partial charge in [0.15, 0.2) is 0 Å². The molecule has 24 heavy (non-hydrogen) atoms. The van der Waals surface area contributed by atoms with E-state index in [1.165, 1.54) is 0 Å². The molecule has 0 aliphatic carbocycles. The predicted molar refractivity (Wildman–Crippen MR) is 86.4 cm³/mol. The molecular weight excluding hydrogens is 308 g/mol. The number of tetrazole rings is 1. The fraction of sp³-hybridized carbons (Fsp3) is 0.133. The molecule has 2 N–H and O–H groups in total. The van der Waals surface area contributed by atoms with Crippen LogP contribution in [0.15, 0.2) is 42.6 Å². The van der Waals surface area contributed by atoms with E-state index in [9.17, 15) is 0 Å². The zero-order chi connectivity index (χ0) is 16.5. The van der Waals surface area contributed by atoms with Gasteiger partial charge >= 0.3 is 6.01 Å². The summed E-state index contributed by atoms with van der Waals surface area (Å²) in [6, 6.07) is 11.7. The molecule has 0 aliphatic heterocycles. The molecule has 3 aromatic heterocycles. The lowest BCUT2D eigenvalue weighted by atomic mass is 10.3. The standard InChI is InChI=1S/C15H14N8O/c1-22-14(19-20-21-22)23-12-7-3-2-6-11(12)18-15(23)24-9-10-5-4-8-17-13(10)16/h2-8H,9H2,1H3,(H2,16,17). The fourth-order valence-corrected chi connectivity index (χ4v) is 2.42. The Bertz CT molecular complexity index is 1010. The van der Waals surface area contributed by atoms with E-state index in [1.54, 1.807) is 22.5 Å². The summed E-state index contributed by atoms with van der Waals surface area (Å²) in [6.45, 7) is 0.244. The van der Waals surface area contributed by atoms with E-state index in [-0.39, 0.29) is 6.61 Å². The molecule has 0 spiro atoms. The van der Waals surface area contributed by atoms with Crippen molar-refractivity contribution >= 4 is 16.9 Å². The molecule has 0 saturated carbocycles. The number of aryl methyl sites for hydroxylation is 1. The van der Waals surface area contributed by atoms with Crippen molar-refractivity contribution < 1.29 is 4.74 Å². The first-order valence-electron chi connectivity index (χ1n) is 7.26. The quantitative estimate of drug-likeness (QED) is 0.599. The van der Waals surface area contributed by atoms with Crippen molar-refractivity contribution in [2.24, 2.45) is 7.05 Å². The average molecular weight is 322 g/mol. The summed E-state index contributed by atoms with van der Waals surface area (Å²) >= 11 is 0. The van der Waals surface area contributed by atoms with E-state index in [1.807, 2.05) is 36.4 Å². The summed E-state index contributed by atoms with van der Waals surface area (Å²) in [4.78, 5) is 8.58. The Morgan fingerprint density at radius 2 is 2.04 bits per heavy atom. The van der Waals surface area contributed by atoms with Gasteiger partial charge in [0, 0.05) is 18.8 Å². The van der Waals surface area contributed by atoms with Crippen molar-refractivity contribution in [3.63, 3.8) is 0 Å². The van der Waals surface area contributed by atoms with Crippen LogP contribution in [-0.4, -0.2) is 34.7 Å². The van der Waals surface area contributed by atoms with Gasteiger partial charge < -0.3 is 10.5 Å². The summed E-state index contributed by atoms with van der Waals surface area (Å²) in [5.74, 6) is 0.943. The van der Waals surface area contributed by atoms with Gasteiger partial charge in [-0.2, -0.15) is 4.98 Å². The number of imidazole rings is 1. The van der Waals surface area contributed by atoms with Gasteiger partial charge in [0.1, 0.15) is 12.4 Å². The first kappa shape index (κ1) is 14.1. The first-order chi connectivity index (χ1) is 11.7. The van der Waals surface area contributed by atoms with Crippen molar-refractivity contribution in [2.75, 3.05) is 5.73 Å². The molecule has 4 rings (SSSR count). The second-order valence-corrected chi connectivity index (χ2v) is 5.16. The van der Waals surface area contributed by atoms with Crippen LogP contribution in [0.5, 0.6) is 6.01 Å². The number of hydrogen-bond donors (Lipinski definition) is 1. The molecule has 120 valence electrons. The van der Waals surface area contributed by atoms with E-state index >= 15 is 0 Å². The second kappa shape index (κ2) is 5.61. The Balaban J connectivity index is 1.78. The number of benzene rings is 1. The van der Waals surface area contributed by atoms with E-state index < -0.39 is 0 Å². The highest BCUT2D eigenvalue weighted by Gasteiger charge is 2.18.